The van der Waals surface area contributed by atoms with Crippen LogP contribution >= 0.6 is 7.82 Å². The Kier molecular flexibility index (Phi) is 43.2. The average molecular weight is 897 g/mol. The molecule has 0 bridgehead atoms. The minimum absolute atomic E-state index is 0.0711. The maximum absolute atomic E-state index is 12.7. The molecule has 0 radical (unpaired) electrons. The van der Waals surface area contributed by atoms with Crippen LogP contribution in [-0.4, -0.2) is 75.6 Å². The topological polar surface area (TPSA) is 91.3 Å². The van der Waals surface area contributed by atoms with Gasteiger partial charge in [0.15, 0.2) is 0 Å². The number of phosphoric ester groups is 1. The fraction of sp³-hybridized carbons (Fsp3) is 0.611. The highest BCUT2D eigenvalue weighted by Gasteiger charge is 2.26. The van der Waals surface area contributed by atoms with E-state index in [0.29, 0.717) is 24.1 Å². The van der Waals surface area contributed by atoms with Gasteiger partial charge < -0.3 is 18.9 Å². The summed E-state index contributed by atoms with van der Waals surface area (Å²) in [5.41, 5.74) is 0. The molecule has 1 N–H and O–H groups in total. The smallest absolute Gasteiger partial charge is 0.457 e. The fourth-order valence-electron chi connectivity index (χ4n) is 5.84. The van der Waals surface area contributed by atoms with Crippen molar-refractivity contribution in [3.8, 4) is 0 Å². The highest BCUT2D eigenvalue weighted by Crippen LogP contribution is 2.43. The van der Waals surface area contributed by atoms with E-state index in [1.807, 2.05) is 21.1 Å². The number of carbonyl (C=O) groups excluding carboxylic acids is 1. The molecular weight excluding hydrogens is 806 g/mol. The summed E-state index contributed by atoms with van der Waals surface area (Å²) < 4.78 is 35.0. The number of carbonyl (C=O) groups is 1. The van der Waals surface area contributed by atoms with Crippen molar-refractivity contribution in [2.75, 3.05) is 54.1 Å². The van der Waals surface area contributed by atoms with Gasteiger partial charge in [-0.15, -0.1) is 0 Å². The Hall–Kier alpha value is -3.10. The molecule has 0 rings (SSSR count). The van der Waals surface area contributed by atoms with Crippen molar-refractivity contribution in [2.45, 2.75) is 161 Å². The van der Waals surface area contributed by atoms with E-state index >= 15 is 0 Å². The van der Waals surface area contributed by atoms with Crippen LogP contribution in [0.25, 0.3) is 0 Å². The van der Waals surface area contributed by atoms with Crippen molar-refractivity contribution in [1.82, 2.24) is 0 Å². The fourth-order valence-corrected chi connectivity index (χ4v) is 6.58. The van der Waals surface area contributed by atoms with Crippen LogP contribution in [-0.2, 0) is 27.9 Å². The van der Waals surface area contributed by atoms with Gasteiger partial charge in [-0.2, -0.15) is 0 Å². The molecule has 0 fully saturated rings. The normalized spacial score (nSPS) is 14.7. The van der Waals surface area contributed by atoms with Gasteiger partial charge in [-0.1, -0.05) is 167 Å². The molecule has 0 spiro atoms. The van der Waals surface area contributed by atoms with Gasteiger partial charge in [-0.05, 0) is 103 Å². The predicted octanol–water partition coefficient (Wildman–Crippen LogP) is 14.9. The summed E-state index contributed by atoms with van der Waals surface area (Å²) >= 11 is 0. The van der Waals surface area contributed by atoms with Crippen LogP contribution in [0.15, 0.2) is 122 Å². The van der Waals surface area contributed by atoms with E-state index in [2.05, 4.69) is 135 Å². The lowest BCUT2D eigenvalue weighted by Gasteiger charge is -2.24. The lowest BCUT2D eigenvalue weighted by Crippen LogP contribution is -2.37. The number of hydrogen-bond acceptors (Lipinski definition) is 6. The SMILES string of the molecule is CC/C=C\C/C=C\C/C=C\C/C=C\C/C=C\C/C=C\CCCCCCCCC(=O)OC(COCCCCC/C=C\C/C=C\C/C=C\C/C=C\CC)COP(=O)(O)OCC[N+](C)(C)C. The molecule has 0 aromatic rings. The van der Waals surface area contributed by atoms with Gasteiger partial charge in [0.05, 0.1) is 34.4 Å². The molecule has 2 unspecified atom stereocenters. The molecule has 0 aromatic carbocycles. The molecule has 0 aliphatic rings. The Morgan fingerprint density at radius 1 is 0.492 bits per heavy atom. The number of quaternary nitrogens is 1. The van der Waals surface area contributed by atoms with Crippen molar-refractivity contribution >= 4 is 13.8 Å². The largest absolute Gasteiger partial charge is 0.472 e. The van der Waals surface area contributed by atoms with E-state index < -0.39 is 13.9 Å². The summed E-state index contributed by atoms with van der Waals surface area (Å²) in [6.07, 6.45) is 65.3. The first-order chi connectivity index (χ1) is 30.6. The van der Waals surface area contributed by atoms with Gasteiger partial charge in [0.2, 0.25) is 0 Å². The summed E-state index contributed by atoms with van der Waals surface area (Å²) in [5, 5.41) is 0. The second kappa shape index (κ2) is 45.5. The zero-order valence-corrected chi connectivity index (χ0v) is 41.4. The van der Waals surface area contributed by atoms with Gasteiger partial charge in [-0.25, -0.2) is 4.57 Å². The molecule has 0 aromatic heterocycles. The summed E-state index contributed by atoms with van der Waals surface area (Å²) in [6, 6.07) is 0. The quantitative estimate of drug-likeness (QED) is 0.0214. The third kappa shape index (κ3) is 49.8. The molecule has 2 atom stereocenters. The molecule has 8 nitrogen and oxygen atoms in total. The van der Waals surface area contributed by atoms with Crippen LogP contribution in [0.3, 0.4) is 0 Å². The first kappa shape index (κ1) is 59.9. The zero-order chi connectivity index (χ0) is 46.2. The second-order valence-corrected chi connectivity index (χ2v) is 18.2. The van der Waals surface area contributed by atoms with Crippen LogP contribution < -0.4 is 0 Å². The highest BCUT2D eigenvalue weighted by atomic mass is 31.2. The number of allylic oxidation sites excluding steroid dienone is 20. The molecule has 63 heavy (non-hydrogen) atoms. The molecular formula is C54H91NO7P+. The number of likely N-dealkylation sites (N-methyl/N-ethyl adjacent to an activating group) is 1. The standard InChI is InChI=1S/C54H90NO7P/c1-6-8-10-12-14-16-18-20-22-24-25-26-27-28-29-30-31-32-33-35-37-39-41-43-45-47-54(56)62-53(52-61-63(57,58)60-50-48-55(3,4)5)51-59-49-46-44-42-40-38-36-34-23-21-19-17-15-13-11-9-7-2/h8-11,14-17,20-23,25-26,28-29,31-32,36,38,53H,6-7,12-13,18-19,24,27,30,33-35,37,39-52H2,1-5H3/p+1/b10-8-,11-9-,16-14-,17-15-,22-20-,23-21-,26-25-,29-28-,32-31-,38-36-. The highest BCUT2D eigenvalue weighted by molar-refractivity contribution is 7.47. The predicted molar refractivity (Wildman–Crippen MR) is 270 cm³/mol. The molecule has 358 valence electrons. The lowest BCUT2D eigenvalue weighted by atomic mass is 10.1. The Balaban J connectivity index is 4.28. The minimum atomic E-state index is -4.30. The third-order valence-corrected chi connectivity index (χ3v) is 10.5. The van der Waals surface area contributed by atoms with Crippen LogP contribution in [0.4, 0.5) is 0 Å². The first-order valence-corrected chi connectivity index (χ1v) is 25.8. The second-order valence-electron chi connectivity index (χ2n) is 16.7. The van der Waals surface area contributed by atoms with Crippen molar-refractivity contribution in [2.24, 2.45) is 0 Å². The summed E-state index contributed by atoms with van der Waals surface area (Å²) in [6.45, 7) is 5.25. The van der Waals surface area contributed by atoms with E-state index in [4.69, 9.17) is 18.5 Å². The summed E-state index contributed by atoms with van der Waals surface area (Å²) in [5.74, 6) is -0.346. The summed E-state index contributed by atoms with van der Waals surface area (Å²) in [4.78, 5) is 23.0. The van der Waals surface area contributed by atoms with Gasteiger partial charge in [0, 0.05) is 13.0 Å². The molecule has 0 heterocycles. The van der Waals surface area contributed by atoms with E-state index in [9.17, 15) is 14.3 Å². The Labute approximate surface area is 386 Å². The van der Waals surface area contributed by atoms with Crippen LogP contribution in [0, 0.1) is 0 Å². The first-order valence-electron chi connectivity index (χ1n) is 24.3. The number of ether oxygens (including phenoxy) is 2. The number of hydrogen-bond donors (Lipinski definition) is 1. The van der Waals surface area contributed by atoms with Gasteiger partial charge in [0.1, 0.15) is 19.3 Å². The maximum Gasteiger partial charge on any atom is 0.472 e. The average Bonchev–Trinajstić information content (AvgIpc) is 3.24. The number of nitrogens with zero attached hydrogens (tertiary/aromatic N) is 1. The van der Waals surface area contributed by atoms with Crippen molar-refractivity contribution in [1.29, 1.82) is 0 Å². The lowest BCUT2D eigenvalue weighted by molar-refractivity contribution is -0.870. The van der Waals surface area contributed by atoms with Crippen molar-refractivity contribution < 1.29 is 37.3 Å². The number of unbranched alkanes of at least 4 members (excludes halogenated alkanes) is 9. The van der Waals surface area contributed by atoms with Gasteiger partial charge >= 0.3 is 13.8 Å². The molecule has 0 saturated carbocycles. The Morgan fingerprint density at radius 3 is 1.30 bits per heavy atom. The molecule has 0 aliphatic heterocycles. The van der Waals surface area contributed by atoms with Crippen LogP contribution in [0.1, 0.15) is 155 Å². The van der Waals surface area contributed by atoms with E-state index in [1.165, 1.54) is 12.8 Å². The number of esters is 1. The monoisotopic (exact) mass is 897 g/mol. The Bertz CT molecular complexity index is 1410. The Morgan fingerprint density at radius 2 is 0.873 bits per heavy atom. The van der Waals surface area contributed by atoms with Gasteiger partial charge in [0.25, 0.3) is 0 Å². The molecule has 0 amide bonds. The number of rotatable bonds is 43. The van der Waals surface area contributed by atoms with E-state index in [-0.39, 0.29) is 25.8 Å². The van der Waals surface area contributed by atoms with E-state index in [1.54, 1.807) is 0 Å². The van der Waals surface area contributed by atoms with Crippen LogP contribution in [0.5, 0.6) is 0 Å². The van der Waals surface area contributed by atoms with Crippen molar-refractivity contribution in [3.05, 3.63) is 122 Å². The number of phosphoric acid groups is 1. The molecule has 0 aliphatic carbocycles. The van der Waals surface area contributed by atoms with Gasteiger partial charge in [-0.3, -0.25) is 13.8 Å². The third-order valence-electron chi connectivity index (χ3n) is 9.52. The maximum atomic E-state index is 12.7. The minimum Gasteiger partial charge on any atom is -0.457 e. The van der Waals surface area contributed by atoms with Crippen LogP contribution in [0.2, 0.25) is 0 Å². The molecule has 0 saturated heterocycles. The zero-order valence-electron chi connectivity index (χ0n) is 40.5. The van der Waals surface area contributed by atoms with Crippen molar-refractivity contribution in [3.63, 3.8) is 0 Å². The van der Waals surface area contributed by atoms with E-state index in [0.717, 1.165) is 122 Å². The molecule has 9 heteroatoms. The summed E-state index contributed by atoms with van der Waals surface area (Å²) in [7, 11) is 1.61.